The quantitative estimate of drug-likeness (QED) is 0.332. The monoisotopic (exact) mass is 696 g/mol. The van der Waals surface area contributed by atoms with Gasteiger partial charge in [-0.25, -0.2) is 0 Å². The van der Waals surface area contributed by atoms with E-state index in [0.717, 1.165) is 29.2 Å². The maximum atomic E-state index is 9.76. The number of methoxy groups -OCH3 is 1. The zero-order valence-corrected chi connectivity index (χ0v) is 30.5. The van der Waals surface area contributed by atoms with E-state index in [9.17, 15) is 10.2 Å². The van der Waals surface area contributed by atoms with Crippen LogP contribution in [0.5, 0.6) is 17.2 Å². The van der Waals surface area contributed by atoms with Gasteiger partial charge in [-0.1, -0.05) is 41.5 Å². The third-order valence-corrected chi connectivity index (χ3v) is 10.1. The van der Waals surface area contributed by atoms with Crippen LogP contribution in [-0.2, 0) is 6.61 Å². The van der Waals surface area contributed by atoms with Crippen LogP contribution in [0.15, 0.2) is 19.8 Å². The van der Waals surface area contributed by atoms with Crippen molar-refractivity contribution in [2.24, 2.45) is 21.7 Å². The van der Waals surface area contributed by atoms with Crippen molar-refractivity contribution in [1.29, 1.82) is 0 Å². The second-order valence-electron chi connectivity index (χ2n) is 14.9. The molecular weight excluding hydrogens is 638 g/mol. The van der Waals surface area contributed by atoms with Crippen LogP contribution >= 0.6 is 0 Å². The first-order chi connectivity index (χ1) is 18.1. The molecule has 0 fully saturated rings. The normalized spacial score (nSPS) is 19.3. The van der Waals surface area contributed by atoms with E-state index in [-0.39, 0.29) is 40.5 Å². The molecule has 0 saturated carbocycles. The summed E-state index contributed by atoms with van der Waals surface area (Å²) in [7, 11) is 1.62. The fourth-order valence-electron chi connectivity index (χ4n) is 3.63. The number of hydrogen-bond acceptors (Lipinski definition) is 6. The Labute approximate surface area is 255 Å². The van der Waals surface area contributed by atoms with Gasteiger partial charge >= 0.3 is 176 Å². The van der Waals surface area contributed by atoms with Gasteiger partial charge in [0.1, 0.15) is 0 Å². The van der Waals surface area contributed by atoms with Crippen LogP contribution in [-0.4, -0.2) is 75.9 Å². The molecule has 3 heterocycles. The summed E-state index contributed by atoms with van der Waals surface area (Å²) in [6.45, 7) is 25.4. The van der Waals surface area contributed by atoms with Crippen molar-refractivity contribution in [1.82, 2.24) is 0 Å². The molecule has 0 aromatic carbocycles. The number of hydrogen-bond donors (Lipinski definition) is 3. The topological polar surface area (TPSA) is 88.4 Å². The van der Waals surface area contributed by atoms with Crippen LogP contribution in [0.3, 0.4) is 0 Å². The van der Waals surface area contributed by atoms with Crippen molar-refractivity contribution in [3.8, 4) is 17.2 Å². The molecular formula is C32H56O6Se2. The molecule has 0 radical (unpaired) electrons. The number of aliphatic hydroxyl groups excluding tert-OH is 3. The zero-order chi connectivity index (χ0) is 31.1. The fourth-order valence-corrected chi connectivity index (χ4v) is 6.68. The molecule has 40 heavy (non-hydrogen) atoms. The van der Waals surface area contributed by atoms with E-state index in [4.69, 9.17) is 19.3 Å². The van der Waals surface area contributed by atoms with Gasteiger partial charge in [-0.05, 0) is 10.8 Å². The third kappa shape index (κ3) is 12.3. The van der Waals surface area contributed by atoms with Crippen molar-refractivity contribution >= 4 is 29.0 Å². The van der Waals surface area contributed by atoms with Gasteiger partial charge < -0.3 is 10.2 Å². The molecule has 0 bridgehead atoms. The Morgan fingerprint density at radius 2 is 1.15 bits per heavy atom. The van der Waals surface area contributed by atoms with Crippen molar-refractivity contribution in [3.05, 3.63) is 25.3 Å². The Morgan fingerprint density at radius 3 is 1.45 bits per heavy atom. The first-order valence-corrected chi connectivity index (χ1v) is 18.0. The van der Waals surface area contributed by atoms with Crippen LogP contribution in [0.1, 0.15) is 101 Å². The third-order valence-electron chi connectivity index (χ3n) is 7.03. The van der Waals surface area contributed by atoms with Crippen LogP contribution in [0.4, 0.5) is 0 Å². The molecule has 0 amide bonds. The van der Waals surface area contributed by atoms with Gasteiger partial charge in [0.25, 0.3) is 0 Å². The van der Waals surface area contributed by atoms with E-state index in [1.165, 1.54) is 0 Å². The Balaban J connectivity index is 0.000000320. The molecule has 2 aromatic heterocycles. The average molecular weight is 695 g/mol. The Kier molecular flexibility index (Phi) is 14.1. The molecule has 3 rings (SSSR count). The summed E-state index contributed by atoms with van der Waals surface area (Å²) in [5.74, 6) is 2.79. The summed E-state index contributed by atoms with van der Waals surface area (Å²) in [5.41, 5.74) is 0.910. The SMILES string of the molecule is CC(C)(C)C(O)CC(O)C(C)(C)C.CC(C)(C)C1CC(C(C)(C)C)Oc2c[se]cc2O1.COc1c[se]cc1CO. The van der Waals surface area contributed by atoms with Crippen molar-refractivity contribution in [3.63, 3.8) is 0 Å². The summed E-state index contributed by atoms with van der Waals surface area (Å²) in [4.78, 5) is 8.41. The predicted molar refractivity (Wildman–Crippen MR) is 167 cm³/mol. The maximum absolute atomic E-state index is 9.76. The standard InChI is InChI=1S/C15H24O2Se.C11H24O2.C6H8O2Se/c1-14(2,3)12-7-13(15(4,5)6)17-11-9-18-8-10(11)16-12;1-10(2,3)8(12)7-9(13)11(4,5)6;1-8-6-4-9-3-5(6)2-7/h8-9,12-13H,7H2,1-6H3;8-9,12-13H,7H2,1-6H3;3-4,7H,2H2,1H3. The molecule has 8 heteroatoms. The van der Waals surface area contributed by atoms with Crippen LogP contribution in [0.2, 0.25) is 0 Å². The second kappa shape index (κ2) is 15.1. The minimum absolute atomic E-state index is 0.0986. The predicted octanol–water partition coefficient (Wildman–Crippen LogP) is 6.17. The van der Waals surface area contributed by atoms with E-state index >= 15 is 0 Å². The number of rotatable bonds is 4. The molecule has 232 valence electrons. The van der Waals surface area contributed by atoms with Gasteiger partial charge in [-0.3, -0.25) is 0 Å². The first-order valence-electron chi connectivity index (χ1n) is 14.1. The summed E-state index contributed by atoms with van der Waals surface area (Å²) < 4.78 is 17.4. The van der Waals surface area contributed by atoms with E-state index in [1.807, 2.05) is 51.4 Å². The number of aliphatic hydroxyl groups is 3. The number of fused-ring (bicyclic) bond motifs is 1. The fraction of sp³-hybridized carbons (Fsp3) is 0.750. The first kappa shape index (κ1) is 37.3. The van der Waals surface area contributed by atoms with Gasteiger partial charge in [0.05, 0.1) is 12.2 Å². The van der Waals surface area contributed by atoms with Crippen molar-refractivity contribution < 1.29 is 29.5 Å². The molecule has 0 aliphatic carbocycles. The molecule has 2 aromatic rings. The molecule has 3 N–H and O–H groups in total. The molecule has 6 nitrogen and oxygen atoms in total. The van der Waals surface area contributed by atoms with E-state index < -0.39 is 12.2 Å². The van der Waals surface area contributed by atoms with Gasteiger partial charge in [0.15, 0.2) is 0 Å². The summed E-state index contributed by atoms with van der Waals surface area (Å²) in [5, 5.41) is 28.2. The minimum atomic E-state index is -0.443. The Morgan fingerprint density at radius 1 is 0.750 bits per heavy atom. The van der Waals surface area contributed by atoms with Gasteiger partial charge in [-0.2, -0.15) is 0 Å². The summed E-state index contributed by atoms with van der Waals surface area (Å²) >= 11 is 0.802. The summed E-state index contributed by atoms with van der Waals surface area (Å²) in [6.07, 6.45) is 0.950. The van der Waals surface area contributed by atoms with Crippen LogP contribution in [0.25, 0.3) is 0 Å². The zero-order valence-electron chi connectivity index (χ0n) is 27.1. The van der Waals surface area contributed by atoms with Crippen molar-refractivity contribution in [2.45, 2.75) is 127 Å². The Bertz CT molecular complexity index is 912. The second-order valence-corrected chi connectivity index (χ2v) is 18.0. The molecule has 1 aliphatic rings. The van der Waals surface area contributed by atoms with E-state index in [2.05, 4.69) is 51.4 Å². The van der Waals surface area contributed by atoms with Crippen LogP contribution < -0.4 is 14.2 Å². The van der Waals surface area contributed by atoms with E-state index in [0.29, 0.717) is 35.4 Å². The Hall–Kier alpha value is -0.721. The summed E-state index contributed by atoms with van der Waals surface area (Å²) in [6, 6.07) is 0. The van der Waals surface area contributed by atoms with Gasteiger partial charge in [0.2, 0.25) is 0 Å². The molecule has 0 saturated heterocycles. The van der Waals surface area contributed by atoms with E-state index in [1.54, 1.807) is 7.11 Å². The molecule has 0 spiro atoms. The molecule has 4 unspecified atom stereocenters. The van der Waals surface area contributed by atoms with Gasteiger partial charge in [-0.15, -0.1) is 0 Å². The van der Waals surface area contributed by atoms with Crippen molar-refractivity contribution in [2.75, 3.05) is 7.11 Å². The molecule has 1 aliphatic heterocycles. The van der Waals surface area contributed by atoms with Crippen LogP contribution in [0, 0.1) is 21.7 Å². The molecule has 4 atom stereocenters. The van der Waals surface area contributed by atoms with Gasteiger partial charge in [0, 0.05) is 6.42 Å². The number of ether oxygens (including phenoxy) is 3. The average Bonchev–Trinajstić information content (AvgIpc) is 3.41.